The third-order valence-corrected chi connectivity index (χ3v) is 4.84. The lowest BCUT2D eigenvalue weighted by Gasteiger charge is -2.33. The highest BCUT2D eigenvalue weighted by Gasteiger charge is 2.43. The highest BCUT2D eigenvalue weighted by molar-refractivity contribution is 5.81. The van der Waals surface area contributed by atoms with Crippen molar-refractivity contribution in [2.24, 2.45) is 11.8 Å². The highest BCUT2D eigenvalue weighted by atomic mass is 16.2. The number of aromatic nitrogens is 3. The van der Waals surface area contributed by atoms with Crippen LogP contribution in [0.15, 0.2) is 43.1 Å². The first-order valence-electron chi connectivity index (χ1n) is 8.00. The predicted octanol–water partition coefficient (Wildman–Crippen LogP) is 1.36. The van der Waals surface area contributed by atoms with Crippen molar-refractivity contribution in [3.63, 3.8) is 0 Å². The summed E-state index contributed by atoms with van der Waals surface area (Å²) >= 11 is 0. The Bertz CT molecular complexity index is 678. The number of likely N-dealkylation sites (tertiary alicyclic amines) is 1. The molecular formula is C17H19N5O. The summed E-state index contributed by atoms with van der Waals surface area (Å²) in [4.78, 5) is 29.5. The molecule has 0 bridgehead atoms. The maximum absolute atomic E-state index is 12.8. The maximum atomic E-state index is 12.8. The molecule has 0 saturated carbocycles. The summed E-state index contributed by atoms with van der Waals surface area (Å²) in [6.45, 7) is 3.15. The number of piperidine rings is 1. The van der Waals surface area contributed by atoms with Crippen molar-refractivity contribution >= 4 is 11.7 Å². The van der Waals surface area contributed by atoms with Gasteiger partial charge in [0.1, 0.15) is 5.82 Å². The molecule has 4 heterocycles. The fourth-order valence-corrected chi connectivity index (χ4v) is 3.62. The van der Waals surface area contributed by atoms with Gasteiger partial charge in [0.05, 0.1) is 12.1 Å². The van der Waals surface area contributed by atoms with Crippen molar-refractivity contribution in [3.05, 3.63) is 48.7 Å². The Labute approximate surface area is 135 Å². The minimum Gasteiger partial charge on any atom is -0.354 e. The van der Waals surface area contributed by atoms with Crippen LogP contribution in [0.25, 0.3) is 0 Å². The molecule has 6 heteroatoms. The number of carbonyl (C=O) groups is 1. The van der Waals surface area contributed by atoms with E-state index >= 15 is 0 Å². The lowest BCUT2D eigenvalue weighted by atomic mass is 9.88. The van der Waals surface area contributed by atoms with Crippen molar-refractivity contribution in [3.8, 4) is 0 Å². The molecule has 23 heavy (non-hydrogen) atoms. The van der Waals surface area contributed by atoms with Crippen LogP contribution in [0, 0.1) is 11.8 Å². The molecule has 0 spiro atoms. The second-order valence-electron chi connectivity index (χ2n) is 6.24. The van der Waals surface area contributed by atoms with Crippen molar-refractivity contribution in [1.82, 2.24) is 19.9 Å². The molecule has 2 fully saturated rings. The molecule has 2 aromatic rings. The summed E-state index contributed by atoms with van der Waals surface area (Å²) in [5.74, 6) is 1.64. The van der Waals surface area contributed by atoms with E-state index in [4.69, 9.17) is 0 Å². The van der Waals surface area contributed by atoms with Crippen LogP contribution >= 0.6 is 0 Å². The number of nitrogens with zero attached hydrogens (tertiary/aromatic N) is 5. The Hall–Kier alpha value is -2.50. The normalized spacial score (nSPS) is 23.9. The number of hydrogen-bond acceptors (Lipinski definition) is 5. The molecule has 2 aliphatic heterocycles. The van der Waals surface area contributed by atoms with E-state index in [0.717, 1.165) is 37.4 Å². The lowest BCUT2D eigenvalue weighted by molar-refractivity contribution is -0.140. The molecule has 0 N–H and O–H groups in total. The Morgan fingerprint density at radius 2 is 1.96 bits per heavy atom. The van der Waals surface area contributed by atoms with Gasteiger partial charge in [-0.2, -0.15) is 0 Å². The molecule has 118 valence electrons. The number of rotatable bonds is 3. The second kappa shape index (κ2) is 5.95. The van der Waals surface area contributed by atoms with Crippen LogP contribution in [0.2, 0.25) is 0 Å². The Morgan fingerprint density at radius 3 is 2.74 bits per heavy atom. The first-order chi connectivity index (χ1) is 11.3. The van der Waals surface area contributed by atoms with Crippen LogP contribution in [0.4, 0.5) is 5.82 Å². The van der Waals surface area contributed by atoms with E-state index in [2.05, 4.69) is 19.9 Å². The fourth-order valence-electron chi connectivity index (χ4n) is 3.62. The molecule has 0 aromatic carbocycles. The number of amides is 1. The molecule has 2 atom stereocenters. The number of pyridine rings is 1. The molecule has 1 amide bonds. The van der Waals surface area contributed by atoms with E-state index < -0.39 is 0 Å². The third-order valence-electron chi connectivity index (χ3n) is 4.84. The van der Waals surface area contributed by atoms with Crippen LogP contribution < -0.4 is 4.90 Å². The smallest absolute Gasteiger partial charge is 0.228 e. The summed E-state index contributed by atoms with van der Waals surface area (Å²) in [7, 11) is 0. The molecule has 0 aliphatic carbocycles. The standard InChI is InChI=1S/C17H19N5O/c23-17-15-12-22(16-9-19-6-7-20-16)11-14(15)3-8-21(17)10-13-1-4-18-5-2-13/h1-2,4-7,9,14-15H,3,8,10-12H2. The van der Waals surface area contributed by atoms with E-state index in [9.17, 15) is 4.79 Å². The van der Waals surface area contributed by atoms with Gasteiger partial charge < -0.3 is 9.80 Å². The topological polar surface area (TPSA) is 62.2 Å². The van der Waals surface area contributed by atoms with Crippen molar-refractivity contribution in [1.29, 1.82) is 0 Å². The predicted molar refractivity (Wildman–Crippen MR) is 85.5 cm³/mol. The average molecular weight is 309 g/mol. The maximum Gasteiger partial charge on any atom is 0.228 e. The van der Waals surface area contributed by atoms with Gasteiger partial charge in [0.15, 0.2) is 0 Å². The van der Waals surface area contributed by atoms with E-state index in [-0.39, 0.29) is 11.8 Å². The molecule has 2 aromatic heterocycles. The zero-order valence-electron chi connectivity index (χ0n) is 12.9. The Kier molecular flexibility index (Phi) is 3.65. The molecule has 4 rings (SSSR count). The van der Waals surface area contributed by atoms with Gasteiger partial charge >= 0.3 is 0 Å². The van der Waals surface area contributed by atoms with Crippen LogP contribution in [0.3, 0.4) is 0 Å². The van der Waals surface area contributed by atoms with Crippen LogP contribution in [-0.4, -0.2) is 45.4 Å². The van der Waals surface area contributed by atoms with Gasteiger partial charge in [0, 0.05) is 51.0 Å². The lowest BCUT2D eigenvalue weighted by Crippen LogP contribution is -2.44. The van der Waals surface area contributed by atoms with Crippen molar-refractivity contribution < 1.29 is 4.79 Å². The summed E-state index contributed by atoms with van der Waals surface area (Å²) in [6.07, 6.45) is 9.76. The summed E-state index contributed by atoms with van der Waals surface area (Å²) in [5, 5.41) is 0. The first kappa shape index (κ1) is 14.1. The quantitative estimate of drug-likeness (QED) is 0.856. The van der Waals surface area contributed by atoms with Crippen molar-refractivity contribution in [2.75, 3.05) is 24.5 Å². The Morgan fingerprint density at radius 1 is 1.09 bits per heavy atom. The SMILES string of the molecule is O=C1C2CN(c3cnccn3)CC2CCN1Cc1ccncc1. The zero-order chi connectivity index (χ0) is 15.6. The number of anilines is 1. The first-order valence-corrected chi connectivity index (χ1v) is 8.00. The molecule has 6 nitrogen and oxygen atoms in total. The number of carbonyl (C=O) groups excluding carboxylic acids is 1. The molecule has 2 aliphatic rings. The molecule has 2 saturated heterocycles. The number of fused-ring (bicyclic) bond motifs is 1. The minimum atomic E-state index is 0.0765. The van der Waals surface area contributed by atoms with Crippen molar-refractivity contribution in [2.45, 2.75) is 13.0 Å². The highest BCUT2D eigenvalue weighted by Crippen LogP contribution is 2.34. The van der Waals surface area contributed by atoms with Gasteiger partial charge in [0.2, 0.25) is 5.91 Å². The second-order valence-corrected chi connectivity index (χ2v) is 6.24. The average Bonchev–Trinajstić information content (AvgIpc) is 3.04. The molecule has 2 unspecified atom stereocenters. The summed E-state index contributed by atoms with van der Waals surface area (Å²) < 4.78 is 0. The van der Waals surface area contributed by atoms with E-state index in [1.165, 1.54) is 0 Å². The summed E-state index contributed by atoms with van der Waals surface area (Å²) in [6, 6.07) is 3.94. The van der Waals surface area contributed by atoms with E-state index in [1.807, 2.05) is 17.0 Å². The van der Waals surface area contributed by atoms with Crippen LogP contribution in [0.5, 0.6) is 0 Å². The molecular weight excluding hydrogens is 290 g/mol. The monoisotopic (exact) mass is 309 g/mol. The van der Waals surface area contributed by atoms with Gasteiger partial charge in [-0.15, -0.1) is 0 Å². The van der Waals surface area contributed by atoms with Gasteiger partial charge in [-0.3, -0.25) is 14.8 Å². The van der Waals surface area contributed by atoms with E-state index in [1.54, 1.807) is 31.0 Å². The summed E-state index contributed by atoms with van der Waals surface area (Å²) in [5.41, 5.74) is 1.13. The van der Waals surface area contributed by atoms with Gasteiger partial charge in [-0.1, -0.05) is 0 Å². The van der Waals surface area contributed by atoms with Gasteiger partial charge in [0.25, 0.3) is 0 Å². The van der Waals surface area contributed by atoms with Crippen LogP contribution in [0.1, 0.15) is 12.0 Å². The molecule has 0 radical (unpaired) electrons. The third kappa shape index (κ3) is 2.76. The Balaban J connectivity index is 1.46. The fraction of sp³-hybridized carbons (Fsp3) is 0.412. The minimum absolute atomic E-state index is 0.0765. The zero-order valence-corrected chi connectivity index (χ0v) is 12.9. The number of hydrogen-bond donors (Lipinski definition) is 0. The van der Waals surface area contributed by atoms with E-state index in [0.29, 0.717) is 12.5 Å². The van der Waals surface area contributed by atoms with Gasteiger partial charge in [-0.05, 0) is 30.0 Å². The van der Waals surface area contributed by atoms with Gasteiger partial charge in [-0.25, -0.2) is 4.98 Å². The largest absolute Gasteiger partial charge is 0.354 e. The van der Waals surface area contributed by atoms with Crippen LogP contribution in [-0.2, 0) is 11.3 Å².